The van der Waals surface area contributed by atoms with Gasteiger partial charge >= 0.3 is 0 Å². The number of hydrogen-bond acceptors (Lipinski definition) is 5. The number of nitrogens with zero attached hydrogens (tertiary/aromatic N) is 4. The lowest BCUT2D eigenvalue weighted by Gasteiger charge is -2.13. The Balaban J connectivity index is 1.10. The molecule has 0 atom stereocenters. The summed E-state index contributed by atoms with van der Waals surface area (Å²) in [4.78, 5) is 15.2. The molecule has 0 aliphatic carbocycles. The molecule has 0 aliphatic heterocycles. The van der Waals surface area contributed by atoms with Crippen molar-refractivity contribution < 1.29 is 14.3 Å². The molecule has 9 aromatic carbocycles. The summed E-state index contributed by atoms with van der Waals surface area (Å²) in [5.74, 6) is 0.528. The Hall–Kier alpha value is -8.61. The summed E-state index contributed by atoms with van der Waals surface area (Å²) in [5.41, 5.74) is 9.10. The molecule has 0 N–H and O–H groups in total. The normalized spacial score (nSPS) is 12.7. The van der Waals surface area contributed by atoms with Gasteiger partial charge in [0.05, 0.1) is 22.1 Å². The van der Waals surface area contributed by atoms with Crippen molar-refractivity contribution in [2.24, 2.45) is 0 Å². The molecule has 0 unspecified atom stereocenters. The fourth-order valence-electron chi connectivity index (χ4n) is 9.09. The third kappa shape index (κ3) is 5.62. The van der Waals surface area contributed by atoms with Gasteiger partial charge in [0.2, 0.25) is 0 Å². The maximum atomic E-state index is 9.57. The Bertz CT molecular complexity index is 4080. The quantitative estimate of drug-likeness (QED) is 0.167. The molecule has 13 aromatic rings. The Kier molecular flexibility index (Phi) is 6.94. The van der Waals surface area contributed by atoms with Gasteiger partial charge in [-0.1, -0.05) is 170 Å². The lowest BCUT2D eigenvalue weighted by molar-refractivity contribution is 0.669. The van der Waals surface area contributed by atoms with Crippen molar-refractivity contribution in [3.8, 4) is 62.1 Å². The summed E-state index contributed by atoms with van der Waals surface area (Å²) >= 11 is 0. The van der Waals surface area contributed by atoms with Crippen molar-refractivity contribution in [1.82, 2.24) is 19.5 Å². The number of aromatic nitrogens is 4. The average molecular weight is 811 g/mol. The minimum Gasteiger partial charge on any atom is -0.455 e. The minimum atomic E-state index is -0.291. The van der Waals surface area contributed by atoms with Crippen molar-refractivity contribution in [2.75, 3.05) is 0 Å². The molecule has 4 aromatic heterocycles. The molecule has 294 valence electrons. The van der Waals surface area contributed by atoms with E-state index in [0.29, 0.717) is 44.8 Å². The maximum Gasteiger partial charge on any atom is 0.167 e. The Morgan fingerprint density at radius 2 is 0.889 bits per heavy atom. The predicted molar refractivity (Wildman–Crippen MR) is 256 cm³/mol. The van der Waals surface area contributed by atoms with E-state index in [4.69, 9.17) is 23.8 Å². The van der Waals surface area contributed by atoms with Crippen LogP contribution in [0.1, 0.15) is 5.48 Å². The van der Waals surface area contributed by atoms with Crippen LogP contribution >= 0.6 is 0 Å². The highest BCUT2D eigenvalue weighted by molar-refractivity contribution is 6.17. The van der Waals surface area contributed by atoms with Gasteiger partial charge in [-0.3, -0.25) is 0 Å². The standard InChI is InChI=1S/C57H34N4O2/c1-3-15-35(16-4-1)40-22-14-28-51-52(40)46-33-39(61-48-25-10-7-19-42(48)43-20-8-11-26-49(43)61)34-47(54(46)63-51)57-59-55(37-17-5-2-6-18-37)58-56(60-57)38-31-29-36(30-32-38)41-23-13-24-45-44-21-9-12-27-50(44)62-53(41)45/h1-34H/i29D,30D,31D,32D. The second-order valence-corrected chi connectivity index (χ2v) is 15.6. The van der Waals surface area contributed by atoms with Crippen molar-refractivity contribution >= 4 is 65.7 Å². The van der Waals surface area contributed by atoms with Gasteiger partial charge < -0.3 is 13.4 Å². The highest BCUT2D eigenvalue weighted by Crippen LogP contribution is 2.44. The number of para-hydroxylation sites is 4. The summed E-state index contributed by atoms with van der Waals surface area (Å²) in [6, 6.07) is 58.9. The fourth-order valence-corrected chi connectivity index (χ4v) is 9.09. The first-order chi connectivity index (χ1) is 32.9. The number of rotatable bonds is 6. The Morgan fingerprint density at radius 1 is 0.365 bits per heavy atom. The Morgan fingerprint density at radius 3 is 1.63 bits per heavy atom. The zero-order valence-corrected chi connectivity index (χ0v) is 33.4. The summed E-state index contributed by atoms with van der Waals surface area (Å²) in [7, 11) is 0. The minimum absolute atomic E-state index is 0.00847. The molecular formula is C57H34N4O2. The average Bonchev–Trinajstić information content (AvgIpc) is 4.06. The summed E-state index contributed by atoms with van der Waals surface area (Å²) < 4.78 is 53.6. The van der Waals surface area contributed by atoms with E-state index in [0.717, 1.165) is 60.2 Å². The topological polar surface area (TPSA) is 69.9 Å². The predicted octanol–water partition coefficient (Wildman–Crippen LogP) is 15.1. The van der Waals surface area contributed by atoms with Crippen LogP contribution in [-0.2, 0) is 0 Å². The highest BCUT2D eigenvalue weighted by Gasteiger charge is 2.23. The molecule has 6 nitrogen and oxygen atoms in total. The first-order valence-electron chi connectivity index (χ1n) is 22.8. The number of hydrogen-bond donors (Lipinski definition) is 0. The first kappa shape index (κ1) is 31.3. The molecule has 0 saturated heterocycles. The van der Waals surface area contributed by atoms with Crippen LogP contribution in [0.3, 0.4) is 0 Å². The monoisotopic (exact) mass is 810 g/mol. The lowest BCUT2D eigenvalue weighted by atomic mass is 9.98. The molecule has 0 amide bonds. The van der Waals surface area contributed by atoms with Crippen LogP contribution in [0.25, 0.3) is 128 Å². The van der Waals surface area contributed by atoms with Crippen LogP contribution in [0, 0.1) is 0 Å². The largest absolute Gasteiger partial charge is 0.455 e. The molecule has 0 fully saturated rings. The Labute approximate surface area is 366 Å². The van der Waals surface area contributed by atoms with E-state index in [1.165, 1.54) is 0 Å². The molecule has 4 heterocycles. The van der Waals surface area contributed by atoms with E-state index in [-0.39, 0.29) is 46.9 Å². The van der Waals surface area contributed by atoms with Gasteiger partial charge in [-0.2, -0.15) is 0 Å². The SMILES string of the molecule is [2H]c1c([2H])c(-c2cccc3c2oc2ccccc23)c([2H])c([2H])c1-c1nc(-c2ccccc2)nc(-c2cc(-n3c4ccccc4c4ccccc43)cc3c2oc2cccc(-c4ccccc4)c23)n1. The van der Waals surface area contributed by atoms with Crippen LogP contribution < -0.4 is 0 Å². The first-order valence-corrected chi connectivity index (χ1v) is 20.8. The summed E-state index contributed by atoms with van der Waals surface area (Å²) in [6.07, 6.45) is 0. The molecule has 13 rings (SSSR count). The zero-order valence-electron chi connectivity index (χ0n) is 37.4. The van der Waals surface area contributed by atoms with E-state index in [1.807, 2.05) is 115 Å². The van der Waals surface area contributed by atoms with Crippen LogP contribution in [-0.4, -0.2) is 19.5 Å². The van der Waals surface area contributed by atoms with E-state index >= 15 is 0 Å². The summed E-state index contributed by atoms with van der Waals surface area (Å²) in [5, 5.41) is 5.71. The number of benzene rings is 9. The third-order valence-corrected chi connectivity index (χ3v) is 11.9. The molecule has 0 bridgehead atoms. The highest BCUT2D eigenvalue weighted by atomic mass is 16.3. The number of fused-ring (bicyclic) bond motifs is 9. The molecule has 6 heteroatoms. The van der Waals surface area contributed by atoms with Gasteiger partial charge in [0, 0.05) is 54.7 Å². The van der Waals surface area contributed by atoms with Crippen LogP contribution in [0.15, 0.2) is 215 Å². The number of furan rings is 2. The van der Waals surface area contributed by atoms with Gasteiger partial charge in [0.25, 0.3) is 0 Å². The summed E-state index contributed by atoms with van der Waals surface area (Å²) in [6.45, 7) is 0. The second kappa shape index (κ2) is 14.0. The molecule has 0 saturated carbocycles. The van der Waals surface area contributed by atoms with E-state index < -0.39 is 0 Å². The smallest absolute Gasteiger partial charge is 0.167 e. The molecule has 0 radical (unpaired) electrons. The van der Waals surface area contributed by atoms with Gasteiger partial charge in [0.15, 0.2) is 17.5 Å². The third-order valence-electron chi connectivity index (χ3n) is 11.9. The van der Waals surface area contributed by atoms with E-state index in [2.05, 4.69) is 65.2 Å². The fraction of sp³-hybridized carbons (Fsp3) is 0. The van der Waals surface area contributed by atoms with E-state index in [9.17, 15) is 5.48 Å². The van der Waals surface area contributed by atoms with Crippen LogP contribution in [0.2, 0.25) is 0 Å². The van der Waals surface area contributed by atoms with Crippen LogP contribution in [0.5, 0.6) is 0 Å². The second-order valence-electron chi connectivity index (χ2n) is 15.6. The maximum absolute atomic E-state index is 9.57. The molecular weight excluding hydrogens is 773 g/mol. The van der Waals surface area contributed by atoms with Crippen molar-refractivity contribution in [3.63, 3.8) is 0 Å². The zero-order chi connectivity index (χ0) is 44.9. The van der Waals surface area contributed by atoms with Gasteiger partial charge in [-0.15, -0.1) is 0 Å². The van der Waals surface area contributed by atoms with Crippen molar-refractivity contribution in [2.45, 2.75) is 0 Å². The van der Waals surface area contributed by atoms with E-state index in [1.54, 1.807) is 6.07 Å². The van der Waals surface area contributed by atoms with Gasteiger partial charge in [-0.25, -0.2) is 15.0 Å². The van der Waals surface area contributed by atoms with Gasteiger partial charge in [0.1, 0.15) is 22.3 Å². The van der Waals surface area contributed by atoms with Crippen molar-refractivity contribution in [3.05, 3.63) is 206 Å². The lowest BCUT2D eigenvalue weighted by Crippen LogP contribution is -2.01. The van der Waals surface area contributed by atoms with Crippen LogP contribution in [0.4, 0.5) is 0 Å². The molecule has 63 heavy (non-hydrogen) atoms. The van der Waals surface area contributed by atoms with Gasteiger partial charge in [-0.05, 0) is 53.1 Å². The molecule has 0 spiro atoms. The van der Waals surface area contributed by atoms with Crippen molar-refractivity contribution in [1.29, 1.82) is 0 Å². The molecule has 0 aliphatic rings.